The molecule has 12 heteroatoms. The SMILES string of the molecule is Cc1cc(C(=O)CSc2nnc(N3CCOCC3)n2C[C@@H]2CCCO2)c(C)n1CC(F)(F)F. The first-order valence-electron chi connectivity index (χ1n) is 11.0. The zero-order valence-corrected chi connectivity index (χ0v) is 19.5. The molecule has 0 radical (unpaired) electrons. The molecule has 1 atom stereocenters. The lowest BCUT2D eigenvalue weighted by Gasteiger charge is -2.28. The van der Waals surface area contributed by atoms with Crippen molar-refractivity contribution in [3.05, 3.63) is 23.0 Å². The molecule has 0 saturated carbocycles. The largest absolute Gasteiger partial charge is 0.406 e. The molecule has 0 unspecified atom stereocenters. The van der Waals surface area contributed by atoms with Crippen LogP contribution in [0.3, 0.4) is 0 Å². The van der Waals surface area contributed by atoms with Crippen LogP contribution in [0.5, 0.6) is 0 Å². The van der Waals surface area contributed by atoms with Gasteiger partial charge >= 0.3 is 6.18 Å². The Labute approximate surface area is 194 Å². The molecule has 0 N–H and O–H groups in total. The Kier molecular flexibility index (Phi) is 7.34. The number of nitrogens with zero attached hydrogens (tertiary/aromatic N) is 5. The standard InChI is InChI=1S/C21H28F3N5O3S/c1-14-10-17(15(2)29(14)13-21(22,23)24)18(30)12-33-20-26-25-19(27-5-8-31-9-6-27)28(20)11-16-4-3-7-32-16/h10,16H,3-9,11-13H2,1-2H3/t16-/m0/s1. The summed E-state index contributed by atoms with van der Waals surface area (Å²) in [4.78, 5) is 15.0. The molecule has 2 aliphatic heterocycles. The maximum Gasteiger partial charge on any atom is 0.406 e. The summed E-state index contributed by atoms with van der Waals surface area (Å²) in [6.45, 7) is 5.98. The van der Waals surface area contributed by atoms with Crippen molar-refractivity contribution >= 4 is 23.5 Å². The summed E-state index contributed by atoms with van der Waals surface area (Å²) >= 11 is 1.25. The highest BCUT2D eigenvalue weighted by Gasteiger charge is 2.31. The minimum Gasteiger partial charge on any atom is -0.378 e. The summed E-state index contributed by atoms with van der Waals surface area (Å²) in [5.74, 6) is 0.552. The van der Waals surface area contributed by atoms with Crippen molar-refractivity contribution in [2.75, 3.05) is 43.6 Å². The lowest BCUT2D eigenvalue weighted by molar-refractivity contribution is -0.141. The van der Waals surface area contributed by atoms with E-state index < -0.39 is 12.7 Å². The van der Waals surface area contributed by atoms with E-state index in [9.17, 15) is 18.0 Å². The number of ether oxygens (including phenoxy) is 2. The molecule has 0 aromatic carbocycles. The Morgan fingerprint density at radius 2 is 1.94 bits per heavy atom. The van der Waals surface area contributed by atoms with Gasteiger partial charge in [-0.15, -0.1) is 10.2 Å². The monoisotopic (exact) mass is 487 g/mol. The topological polar surface area (TPSA) is 74.4 Å². The Hall–Kier alpha value is -2.05. The van der Waals surface area contributed by atoms with Gasteiger partial charge in [0.1, 0.15) is 6.54 Å². The van der Waals surface area contributed by atoms with E-state index >= 15 is 0 Å². The minimum atomic E-state index is -4.35. The van der Waals surface area contributed by atoms with Gasteiger partial charge in [0.2, 0.25) is 5.95 Å². The molecule has 33 heavy (non-hydrogen) atoms. The number of carbonyl (C=O) groups is 1. The molecule has 0 amide bonds. The van der Waals surface area contributed by atoms with Crippen LogP contribution in [-0.2, 0) is 22.6 Å². The van der Waals surface area contributed by atoms with Crippen molar-refractivity contribution in [3.63, 3.8) is 0 Å². The summed E-state index contributed by atoms with van der Waals surface area (Å²) in [5, 5.41) is 9.30. The highest BCUT2D eigenvalue weighted by Crippen LogP contribution is 2.28. The highest BCUT2D eigenvalue weighted by molar-refractivity contribution is 7.99. The number of hydrogen-bond acceptors (Lipinski definition) is 7. The number of halogens is 3. The molecule has 4 rings (SSSR count). The summed E-state index contributed by atoms with van der Waals surface area (Å²) in [7, 11) is 0. The van der Waals surface area contributed by atoms with Crippen LogP contribution in [0.2, 0.25) is 0 Å². The van der Waals surface area contributed by atoms with Crippen LogP contribution in [-0.4, -0.2) is 76.1 Å². The quantitative estimate of drug-likeness (QED) is 0.418. The first-order chi connectivity index (χ1) is 15.7. The number of ketones is 1. The van der Waals surface area contributed by atoms with Crippen LogP contribution in [0.4, 0.5) is 19.1 Å². The third kappa shape index (κ3) is 5.72. The van der Waals surface area contributed by atoms with Crippen molar-refractivity contribution in [1.82, 2.24) is 19.3 Å². The second kappa shape index (κ2) is 10.1. The van der Waals surface area contributed by atoms with Gasteiger partial charge in [-0.05, 0) is 32.8 Å². The van der Waals surface area contributed by atoms with Gasteiger partial charge in [0.25, 0.3) is 0 Å². The molecule has 0 aliphatic carbocycles. The number of aryl methyl sites for hydroxylation is 1. The molecular formula is C21H28F3N5O3S. The maximum absolute atomic E-state index is 12.9. The highest BCUT2D eigenvalue weighted by atomic mass is 32.2. The molecule has 4 heterocycles. The molecule has 0 bridgehead atoms. The fraction of sp³-hybridized carbons (Fsp3) is 0.667. The number of morpholine rings is 1. The summed E-state index contributed by atoms with van der Waals surface area (Å²) in [5.41, 5.74) is 1.04. The van der Waals surface area contributed by atoms with Gasteiger partial charge in [0.05, 0.1) is 31.6 Å². The number of carbonyl (C=O) groups excluding carboxylic acids is 1. The molecule has 182 valence electrons. The Bertz CT molecular complexity index is 979. The Morgan fingerprint density at radius 3 is 2.61 bits per heavy atom. The van der Waals surface area contributed by atoms with E-state index in [1.165, 1.54) is 17.8 Å². The van der Waals surface area contributed by atoms with Crippen LogP contribution in [0.25, 0.3) is 0 Å². The Balaban J connectivity index is 1.50. The molecule has 2 aromatic heterocycles. The van der Waals surface area contributed by atoms with Crippen molar-refractivity contribution in [2.24, 2.45) is 0 Å². The van der Waals surface area contributed by atoms with Crippen LogP contribution >= 0.6 is 11.8 Å². The van der Waals surface area contributed by atoms with E-state index in [0.29, 0.717) is 55.0 Å². The van der Waals surface area contributed by atoms with Gasteiger partial charge in [-0.2, -0.15) is 13.2 Å². The van der Waals surface area contributed by atoms with Gasteiger partial charge in [-0.3, -0.25) is 9.36 Å². The molecule has 0 spiro atoms. The summed E-state index contributed by atoms with van der Waals surface area (Å²) < 4.78 is 53.1. The lowest BCUT2D eigenvalue weighted by atomic mass is 10.2. The number of aromatic nitrogens is 4. The molecular weight excluding hydrogens is 459 g/mol. The number of anilines is 1. The van der Waals surface area contributed by atoms with Crippen LogP contribution in [0, 0.1) is 13.8 Å². The van der Waals surface area contributed by atoms with Gasteiger partial charge in [0, 0.05) is 36.6 Å². The zero-order valence-electron chi connectivity index (χ0n) is 18.7. The van der Waals surface area contributed by atoms with Gasteiger partial charge < -0.3 is 18.9 Å². The normalized spacial score (nSPS) is 19.4. The Morgan fingerprint density at radius 1 is 1.18 bits per heavy atom. The predicted octanol–water partition coefficient (Wildman–Crippen LogP) is 3.25. The first kappa shape index (κ1) is 24.1. The number of Topliss-reactive ketones (excluding diaryl/α,β-unsaturated/α-hetero) is 1. The van der Waals surface area contributed by atoms with Crippen molar-refractivity contribution in [3.8, 4) is 0 Å². The average Bonchev–Trinajstić information content (AvgIpc) is 3.49. The van der Waals surface area contributed by atoms with E-state index in [2.05, 4.69) is 15.1 Å². The molecule has 2 aliphatic rings. The smallest absolute Gasteiger partial charge is 0.378 e. The number of thioether (sulfide) groups is 1. The zero-order chi connectivity index (χ0) is 23.6. The minimum absolute atomic E-state index is 0.0586. The van der Waals surface area contributed by atoms with E-state index in [0.717, 1.165) is 30.0 Å². The number of hydrogen-bond donors (Lipinski definition) is 0. The van der Waals surface area contributed by atoms with E-state index in [-0.39, 0.29) is 17.6 Å². The molecule has 2 fully saturated rings. The van der Waals surface area contributed by atoms with Gasteiger partial charge in [0.15, 0.2) is 10.9 Å². The second-order valence-corrected chi connectivity index (χ2v) is 9.27. The van der Waals surface area contributed by atoms with Crippen LogP contribution < -0.4 is 4.90 Å². The number of alkyl halides is 3. The van der Waals surface area contributed by atoms with E-state index in [1.807, 2.05) is 4.57 Å². The van der Waals surface area contributed by atoms with Crippen LogP contribution in [0.15, 0.2) is 11.2 Å². The predicted molar refractivity (Wildman–Crippen MR) is 117 cm³/mol. The fourth-order valence-corrected chi connectivity index (χ4v) is 5.08. The molecule has 2 aromatic rings. The molecule has 2 saturated heterocycles. The summed E-state index contributed by atoms with van der Waals surface area (Å²) in [6.07, 6.45) is -2.32. The third-order valence-corrected chi connectivity index (χ3v) is 6.91. The van der Waals surface area contributed by atoms with Crippen molar-refractivity contribution in [1.29, 1.82) is 0 Å². The molecule has 8 nitrogen and oxygen atoms in total. The lowest BCUT2D eigenvalue weighted by Crippen LogP contribution is -2.38. The summed E-state index contributed by atoms with van der Waals surface area (Å²) in [6, 6.07) is 1.53. The van der Waals surface area contributed by atoms with Gasteiger partial charge in [-0.25, -0.2) is 0 Å². The maximum atomic E-state index is 12.9. The van der Waals surface area contributed by atoms with E-state index in [4.69, 9.17) is 9.47 Å². The average molecular weight is 488 g/mol. The number of rotatable bonds is 8. The van der Waals surface area contributed by atoms with E-state index in [1.54, 1.807) is 13.8 Å². The van der Waals surface area contributed by atoms with Crippen LogP contribution in [0.1, 0.15) is 34.6 Å². The van der Waals surface area contributed by atoms with Gasteiger partial charge in [-0.1, -0.05) is 11.8 Å². The van der Waals surface area contributed by atoms with Crippen molar-refractivity contribution in [2.45, 2.75) is 57.2 Å². The second-order valence-electron chi connectivity index (χ2n) is 8.33. The third-order valence-electron chi connectivity index (χ3n) is 5.95. The fourth-order valence-electron chi connectivity index (χ4n) is 4.25. The van der Waals surface area contributed by atoms with Crippen molar-refractivity contribution < 1.29 is 27.4 Å². The first-order valence-corrected chi connectivity index (χ1v) is 12.0.